The lowest BCUT2D eigenvalue weighted by Gasteiger charge is -2.33. The Morgan fingerprint density at radius 2 is 1.91 bits per heavy atom. The van der Waals surface area contributed by atoms with Crippen LogP contribution >= 0.6 is 0 Å². The summed E-state index contributed by atoms with van der Waals surface area (Å²) < 4.78 is 6.15. The monoisotopic (exact) mass is 300 g/mol. The SMILES string of the molecule is C=CC=CC[C@@H](O)[C@H](OCc1ccccc1)C1CCCCC1. The summed E-state index contributed by atoms with van der Waals surface area (Å²) in [6.07, 6.45) is 11.9. The van der Waals surface area contributed by atoms with Crippen LogP contribution in [-0.2, 0) is 11.3 Å². The smallest absolute Gasteiger partial charge is 0.0869 e. The molecule has 22 heavy (non-hydrogen) atoms. The maximum Gasteiger partial charge on any atom is 0.0869 e. The molecule has 0 radical (unpaired) electrons. The van der Waals surface area contributed by atoms with Gasteiger partial charge >= 0.3 is 0 Å². The highest BCUT2D eigenvalue weighted by molar-refractivity contribution is 5.13. The molecule has 0 bridgehead atoms. The summed E-state index contributed by atoms with van der Waals surface area (Å²) in [4.78, 5) is 0. The molecular formula is C20H28O2. The van der Waals surface area contributed by atoms with E-state index < -0.39 is 6.10 Å². The van der Waals surface area contributed by atoms with E-state index in [2.05, 4.69) is 18.7 Å². The van der Waals surface area contributed by atoms with E-state index in [-0.39, 0.29) is 6.10 Å². The van der Waals surface area contributed by atoms with E-state index in [0.29, 0.717) is 18.9 Å². The van der Waals surface area contributed by atoms with Crippen LogP contribution in [0.2, 0.25) is 0 Å². The summed E-state index contributed by atoms with van der Waals surface area (Å²) in [5.41, 5.74) is 1.16. The average Bonchev–Trinajstić information content (AvgIpc) is 2.57. The van der Waals surface area contributed by atoms with Crippen LogP contribution in [0.25, 0.3) is 0 Å². The third kappa shape index (κ3) is 5.43. The van der Waals surface area contributed by atoms with Crippen molar-refractivity contribution in [3.63, 3.8) is 0 Å². The minimum Gasteiger partial charge on any atom is -0.390 e. The van der Waals surface area contributed by atoms with Gasteiger partial charge in [-0.25, -0.2) is 0 Å². The first-order valence-electron chi connectivity index (χ1n) is 8.42. The van der Waals surface area contributed by atoms with E-state index in [9.17, 15) is 5.11 Å². The number of hydrogen-bond acceptors (Lipinski definition) is 2. The van der Waals surface area contributed by atoms with Gasteiger partial charge in [0.15, 0.2) is 0 Å². The second-order valence-corrected chi connectivity index (χ2v) is 6.13. The molecule has 1 aliphatic rings. The first kappa shape index (κ1) is 17.0. The van der Waals surface area contributed by atoms with Crippen LogP contribution in [0.4, 0.5) is 0 Å². The van der Waals surface area contributed by atoms with E-state index in [1.165, 1.54) is 32.1 Å². The lowest BCUT2D eigenvalue weighted by Crippen LogP contribution is -2.37. The van der Waals surface area contributed by atoms with Crippen molar-refractivity contribution in [3.05, 3.63) is 60.7 Å². The fraction of sp³-hybridized carbons (Fsp3) is 0.500. The molecule has 0 aromatic heterocycles. The summed E-state index contributed by atoms with van der Waals surface area (Å²) in [5.74, 6) is 0.476. The number of aliphatic hydroxyl groups excluding tert-OH is 1. The summed E-state index contributed by atoms with van der Waals surface area (Å²) in [5, 5.41) is 10.6. The molecule has 1 aromatic carbocycles. The van der Waals surface area contributed by atoms with Gasteiger partial charge in [-0.15, -0.1) is 0 Å². The van der Waals surface area contributed by atoms with Gasteiger partial charge in [0.25, 0.3) is 0 Å². The van der Waals surface area contributed by atoms with Crippen LogP contribution in [-0.4, -0.2) is 17.3 Å². The topological polar surface area (TPSA) is 29.5 Å². The third-order valence-electron chi connectivity index (χ3n) is 4.43. The Labute approximate surface area is 134 Å². The molecule has 0 unspecified atom stereocenters. The highest BCUT2D eigenvalue weighted by Gasteiger charge is 2.29. The minimum atomic E-state index is -0.442. The van der Waals surface area contributed by atoms with E-state index >= 15 is 0 Å². The van der Waals surface area contributed by atoms with E-state index in [4.69, 9.17) is 4.74 Å². The molecular weight excluding hydrogens is 272 g/mol. The van der Waals surface area contributed by atoms with Crippen molar-refractivity contribution in [3.8, 4) is 0 Å². The Hall–Kier alpha value is -1.38. The normalized spacial score (nSPS) is 19.1. The molecule has 1 saturated carbocycles. The van der Waals surface area contributed by atoms with Gasteiger partial charge in [0.1, 0.15) is 0 Å². The highest BCUT2D eigenvalue weighted by Crippen LogP contribution is 2.31. The molecule has 2 atom stereocenters. The first-order valence-corrected chi connectivity index (χ1v) is 8.42. The molecule has 0 amide bonds. The number of hydrogen-bond donors (Lipinski definition) is 1. The van der Waals surface area contributed by atoms with Crippen molar-refractivity contribution in [2.45, 2.75) is 57.3 Å². The second-order valence-electron chi connectivity index (χ2n) is 6.13. The minimum absolute atomic E-state index is 0.0741. The molecule has 0 heterocycles. The summed E-state index contributed by atoms with van der Waals surface area (Å²) in [7, 11) is 0. The molecule has 2 heteroatoms. The second kappa shape index (κ2) is 9.60. The van der Waals surface area contributed by atoms with Crippen molar-refractivity contribution in [2.75, 3.05) is 0 Å². The van der Waals surface area contributed by atoms with Crippen molar-refractivity contribution in [1.82, 2.24) is 0 Å². The lowest BCUT2D eigenvalue weighted by atomic mass is 9.82. The van der Waals surface area contributed by atoms with E-state index in [0.717, 1.165) is 5.56 Å². The molecule has 0 spiro atoms. The predicted octanol–water partition coefficient (Wildman–Crippen LogP) is 4.65. The fourth-order valence-electron chi connectivity index (χ4n) is 3.24. The summed E-state index contributed by atoms with van der Waals surface area (Å²) >= 11 is 0. The highest BCUT2D eigenvalue weighted by atomic mass is 16.5. The number of ether oxygens (including phenoxy) is 1. The van der Waals surface area contributed by atoms with Gasteiger partial charge in [0, 0.05) is 0 Å². The van der Waals surface area contributed by atoms with Gasteiger partial charge in [-0.05, 0) is 30.7 Å². The van der Waals surface area contributed by atoms with Crippen molar-refractivity contribution < 1.29 is 9.84 Å². The molecule has 0 saturated heterocycles. The Kier molecular flexibility index (Phi) is 7.41. The van der Waals surface area contributed by atoms with Crippen molar-refractivity contribution in [1.29, 1.82) is 0 Å². The van der Waals surface area contributed by atoms with E-state index in [1.54, 1.807) is 6.08 Å². The van der Waals surface area contributed by atoms with Crippen molar-refractivity contribution >= 4 is 0 Å². The zero-order valence-electron chi connectivity index (χ0n) is 13.4. The molecule has 120 valence electrons. The van der Waals surface area contributed by atoms with Gasteiger partial charge in [0.05, 0.1) is 18.8 Å². The van der Waals surface area contributed by atoms with Crippen LogP contribution in [0, 0.1) is 5.92 Å². The summed E-state index contributed by atoms with van der Waals surface area (Å²) in [6, 6.07) is 10.2. The lowest BCUT2D eigenvalue weighted by molar-refractivity contribution is -0.0824. The Bertz CT molecular complexity index is 446. The standard InChI is InChI=1S/C20H28O2/c1-2-3-6-15-19(21)20(18-13-9-5-10-14-18)22-16-17-11-7-4-8-12-17/h2-4,6-8,11-12,18-21H,1,5,9-10,13-16H2/t19-,20-/m1/s1. The number of rotatable bonds is 8. The van der Waals surface area contributed by atoms with Crippen LogP contribution in [0.1, 0.15) is 44.1 Å². The molecule has 1 aliphatic carbocycles. The van der Waals surface area contributed by atoms with Crippen LogP contribution in [0.15, 0.2) is 55.1 Å². The van der Waals surface area contributed by atoms with Crippen molar-refractivity contribution in [2.24, 2.45) is 5.92 Å². The van der Waals surface area contributed by atoms with Crippen LogP contribution in [0.5, 0.6) is 0 Å². The quantitative estimate of drug-likeness (QED) is 0.708. The van der Waals surface area contributed by atoms with Gasteiger partial charge in [-0.2, -0.15) is 0 Å². The Balaban J connectivity index is 1.96. The molecule has 2 rings (SSSR count). The first-order chi connectivity index (χ1) is 10.8. The third-order valence-corrected chi connectivity index (χ3v) is 4.43. The van der Waals surface area contributed by atoms with E-state index in [1.807, 2.05) is 30.4 Å². The van der Waals surface area contributed by atoms with Gasteiger partial charge in [0.2, 0.25) is 0 Å². The fourth-order valence-corrected chi connectivity index (χ4v) is 3.24. The number of allylic oxidation sites excluding steroid dienone is 2. The zero-order chi connectivity index (χ0) is 15.6. The predicted molar refractivity (Wildman–Crippen MR) is 91.6 cm³/mol. The Morgan fingerprint density at radius 3 is 2.59 bits per heavy atom. The molecule has 1 aromatic rings. The maximum atomic E-state index is 10.6. The van der Waals surface area contributed by atoms with Gasteiger partial charge in [-0.1, -0.05) is 74.4 Å². The largest absolute Gasteiger partial charge is 0.390 e. The number of benzene rings is 1. The van der Waals surface area contributed by atoms with Gasteiger partial charge < -0.3 is 9.84 Å². The van der Waals surface area contributed by atoms with Crippen LogP contribution < -0.4 is 0 Å². The number of aliphatic hydroxyl groups is 1. The van der Waals surface area contributed by atoms with Gasteiger partial charge in [-0.3, -0.25) is 0 Å². The van der Waals surface area contributed by atoms with Crippen LogP contribution in [0.3, 0.4) is 0 Å². The molecule has 2 nitrogen and oxygen atoms in total. The molecule has 0 aliphatic heterocycles. The Morgan fingerprint density at radius 1 is 1.18 bits per heavy atom. The zero-order valence-corrected chi connectivity index (χ0v) is 13.4. The average molecular weight is 300 g/mol. The molecule has 1 N–H and O–H groups in total. The molecule has 1 fully saturated rings. The maximum absolute atomic E-state index is 10.6. The summed E-state index contributed by atoms with van der Waals surface area (Å²) in [6.45, 7) is 4.24.